The Kier molecular flexibility index (Phi) is 4.59. The van der Waals surface area contributed by atoms with E-state index in [1.807, 2.05) is 11.8 Å². The summed E-state index contributed by atoms with van der Waals surface area (Å²) in [4.78, 5) is 10.6. The predicted molar refractivity (Wildman–Crippen MR) is 57.0 cm³/mol. The first-order valence-corrected chi connectivity index (χ1v) is 5.84. The maximum absolute atomic E-state index is 10.6. The fraction of sp³-hybridized carbons (Fsp3) is 0.889. The van der Waals surface area contributed by atoms with Crippen LogP contribution in [0.4, 0.5) is 0 Å². The van der Waals surface area contributed by atoms with Gasteiger partial charge in [-0.3, -0.25) is 4.79 Å². The Morgan fingerprint density at radius 3 is 2.85 bits per heavy atom. The van der Waals surface area contributed by atoms with Crippen LogP contribution in [0, 0.1) is 0 Å². The van der Waals surface area contributed by atoms with E-state index in [4.69, 9.17) is 0 Å². The Morgan fingerprint density at radius 1 is 1.54 bits per heavy atom. The Bertz CT molecular complexity index is 175. The van der Waals surface area contributed by atoms with Crippen molar-refractivity contribution in [3.63, 3.8) is 0 Å². The van der Waals surface area contributed by atoms with Crippen LogP contribution in [0.25, 0.3) is 0 Å². The summed E-state index contributed by atoms with van der Waals surface area (Å²) in [5, 5.41) is 6.95. The Hall–Kier alpha value is -0.220. The molecule has 0 aromatic rings. The second kappa shape index (κ2) is 5.50. The third-order valence-electron chi connectivity index (χ3n) is 2.28. The van der Waals surface area contributed by atoms with E-state index in [-0.39, 0.29) is 5.91 Å². The molecule has 0 saturated carbocycles. The lowest BCUT2D eigenvalue weighted by Crippen LogP contribution is -2.38. The smallest absolute Gasteiger partial charge is 0.216 e. The normalized spacial score (nSPS) is 27.5. The molecule has 1 saturated heterocycles. The minimum Gasteiger partial charge on any atom is -0.355 e. The molecule has 1 heterocycles. The summed E-state index contributed by atoms with van der Waals surface area (Å²) in [6.07, 6.45) is 1.26. The SMILES string of the molecule is CC(=O)NCCNC1CCSC1C. The number of carbonyl (C=O) groups is 1. The van der Waals surface area contributed by atoms with Crippen LogP contribution in [0.1, 0.15) is 20.3 Å². The molecule has 1 amide bonds. The van der Waals surface area contributed by atoms with Crippen LogP contribution < -0.4 is 10.6 Å². The third-order valence-corrected chi connectivity index (χ3v) is 3.61. The summed E-state index contributed by atoms with van der Waals surface area (Å²) in [6, 6.07) is 0.638. The Labute approximate surface area is 84.0 Å². The van der Waals surface area contributed by atoms with Crippen molar-refractivity contribution in [2.45, 2.75) is 31.6 Å². The van der Waals surface area contributed by atoms with Gasteiger partial charge in [-0.2, -0.15) is 11.8 Å². The zero-order valence-electron chi connectivity index (χ0n) is 8.30. The van der Waals surface area contributed by atoms with Gasteiger partial charge in [0.15, 0.2) is 0 Å². The van der Waals surface area contributed by atoms with Crippen molar-refractivity contribution in [2.24, 2.45) is 0 Å². The summed E-state index contributed by atoms with van der Waals surface area (Å²) < 4.78 is 0. The van der Waals surface area contributed by atoms with E-state index in [0.29, 0.717) is 6.04 Å². The van der Waals surface area contributed by atoms with Gasteiger partial charge in [0.2, 0.25) is 5.91 Å². The van der Waals surface area contributed by atoms with E-state index < -0.39 is 0 Å². The quantitative estimate of drug-likeness (QED) is 0.656. The van der Waals surface area contributed by atoms with Gasteiger partial charge in [0.25, 0.3) is 0 Å². The molecule has 0 radical (unpaired) electrons. The molecule has 1 fully saturated rings. The second-order valence-corrected chi connectivity index (χ2v) is 4.89. The summed E-state index contributed by atoms with van der Waals surface area (Å²) >= 11 is 2.02. The van der Waals surface area contributed by atoms with Gasteiger partial charge in [0, 0.05) is 31.3 Å². The standard InChI is InChI=1S/C9H18N2OS/c1-7-9(3-6-13-7)11-5-4-10-8(2)12/h7,9,11H,3-6H2,1-2H3,(H,10,12). The van der Waals surface area contributed by atoms with Gasteiger partial charge in [-0.25, -0.2) is 0 Å². The molecule has 0 aromatic carbocycles. The van der Waals surface area contributed by atoms with Crippen LogP contribution in [0.2, 0.25) is 0 Å². The molecule has 0 aromatic heterocycles. The van der Waals surface area contributed by atoms with Crippen molar-refractivity contribution in [1.82, 2.24) is 10.6 Å². The van der Waals surface area contributed by atoms with Gasteiger partial charge in [0.05, 0.1) is 0 Å². The summed E-state index contributed by atoms with van der Waals surface area (Å²) in [6.45, 7) is 5.43. The molecule has 2 unspecified atom stereocenters. The fourth-order valence-corrected chi connectivity index (χ4v) is 2.72. The maximum Gasteiger partial charge on any atom is 0.216 e. The highest BCUT2D eigenvalue weighted by molar-refractivity contribution is 8.00. The van der Waals surface area contributed by atoms with Crippen LogP contribution in [0.5, 0.6) is 0 Å². The van der Waals surface area contributed by atoms with Crippen molar-refractivity contribution < 1.29 is 4.79 Å². The lowest BCUT2D eigenvalue weighted by molar-refractivity contribution is -0.118. The minimum atomic E-state index is 0.0515. The van der Waals surface area contributed by atoms with E-state index in [2.05, 4.69) is 17.6 Å². The van der Waals surface area contributed by atoms with Crippen LogP contribution in [-0.4, -0.2) is 36.0 Å². The average molecular weight is 202 g/mol. The van der Waals surface area contributed by atoms with Crippen LogP contribution in [-0.2, 0) is 4.79 Å². The lowest BCUT2D eigenvalue weighted by atomic mass is 10.2. The molecule has 0 aliphatic carbocycles. The number of amides is 1. The molecular formula is C9H18N2OS. The van der Waals surface area contributed by atoms with Crippen LogP contribution in [0.15, 0.2) is 0 Å². The van der Waals surface area contributed by atoms with Crippen molar-refractivity contribution >= 4 is 17.7 Å². The second-order valence-electron chi connectivity index (χ2n) is 3.41. The number of rotatable bonds is 4. The Balaban J connectivity index is 2.02. The van der Waals surface area contributed by atoms with E-state index in [9.17, 15) is 4.79 Å². The van der Waals surface area contributed by atoms with E-state index >= 15 is 0 Å². The Morgan fingerprint density at radius 2 is 2.31 bits per heavy atom. The van der Waals surface area contributed by atoms with E-state index in [0.717, 1.165) is 18.3 Å². The molecule has 2 N–H and O–H groups in total. The van der Waals surface area contributed by atoms with E-state index in [1.165, 1.54) is 12.2 Å². The molecule has 76 valence electrons. The minimum absolute atomic E-state index is 0.0515. The molecule has 2 atom stereocenters. The van der Waals surface area contributed by atoms with Crippen molar-refractivity contribution in [1.29, 1.82) is 0 Å². The molecule has 1 aliphatic rings. The van der Waals surface area contributed by atoms with Gasteiger partial charge in [-0.05, 0) is 12.2 Å². The zero-order valence-corrected chi connectivity index (χ0v) is 9.12. The number of hydrogen-bond donors (Lipinski definition) is 2. The molecule has 13 heavy (non-hydrogen) atoms. The van der Waals surface area contributed by atoms with Crippen molar-refractivity contribution in [3.8, 4) is 0 Å². The zero-order chi connectivity index (χ0) is 9.68. The van der Waals surface area contributed by atoms with Gasteiger partial charge in [-0.1, -0.05) is 6.92 Å². The molecule has 3 nitrogen and oxygen atoms in total. The molecule has 1 aliphatic heterocycles. The van der Waals surface area contributed by atoms with Gasteiger partial charge >= 0.3 is 0 Å². The first-order valence-electron chi connectivity index (χ1n) is 4.79. The lowest BCUT2D eigenvalue weighted by Gasteiger charge is -2.16. The number of hydrogen-bond acceptors (Lipinski definition) is 3. The number of thioether (sulfide) groups is 1. The van der Waals surface area contributed by atoms with Crippen molar-refractivity contribution in [3.05, 3.63) is 0 Å². The predicted octanol–water partition coefficient (Wildman–Crippen LogP) is 0.606. The van der Waals surface area contributed by atoms with Gasteiger partial charge < -0.3 is 10.6 Å². The van der Waals surface area contributed by atoms with Crippen LogP contribution >= 0.6 is 11.8 Å². The van der Waals surface area contributed by atoms with Crippen molar-refractivity contribution in [2.75, 3.05) is 18.8 Å². The highest BCUT2D eigenvalue weighted by atomic mass is 32.2. The monoisotopic (exact) mass is 202 g/mol. The van der Waals surface area contributed by atoms with E-state index in [1.54, 1.807) is 6.92 Å². The first kappa shape index (κ1) is 10.9. The molecule has 1 rings (SSSR count). The highest BCUT2D eigenvalue weighted by Crippen LogP contribution is 2.25. The summed E-state index contributed by atoms with van der Waals surface area (Å²) in [5.41, 5.74) is 0. The maximum atomic E-state index is 10.6. The van der Waals surface area contributed by atoms with Gasteiger partial charge in [-0.15, -0.1) is 0 Å². The largest absolute Gasteiger partial charge is 0.355 e. The fourth-order valence-electron chi connectivity index (χ4n) is 1.50. The number of nitrogens with one attached hydrogen (secondary N) is 2. The first-order chi connectivity index (χ1) is 6.20. The molecule has 4 heteroatoms. The van der Waals surface area contributed by atoms with Crippen LogP contribution in [0.3, 0.4) is 0 Å². The number of carbonyl (C=O) groups excluding carboxylic acids is 1. The topological polar surface area (TPSA) is 41.1 Å². The van der Waals surface area contributed by atoms with Gasteiger partial charge in [0.1, 0.15) is 0 Å². The summed E-state index contributed by atoms with van der Waals surface area (Å²) in [5.74, 6) is 1.31. The highest BCUT2D eigenvalue weighted by Gasteiger charge is 2.22. The third kappa shape index (κ3) is 4.00. The average Bonchev–Trinajstić information content (AvgIpc) is 2.45. The molecule has 0 spiro atoms. The summed E-state index contributed by atoms with van der Waals surface area (Å²) in [7, 11) is 0. The molecular weight excluding hydrogens is 184 g/mol. The molecule has 0 bridgehead atoms.